The zero-order valence-electron chi connectivity index (χ0n) is 9.53. The highest BCUT2D eigenvalue weighted by atomic mass is 19.1. The number of aromatic nitrogens is 1. The summed E-state index contributed by atoms with van der Waals surface area (Å²) in [6.07, 6.45) is 0. The second-order valence-electron chi connectivity index (χ2n) is 4.73. The Hall–Kier alpha value is -1.84. The molecule has 1 aromatic carbocycles. The number of H-pyrrole nitrogens is 1. The lowest BCUT2D eigenvalue weighted by Crippen LogP contribution is -2.48. The Kier molecular flexibility index (Phi) is 2.18. The van der Waals surface area contributed by atoms with Crippen LogP contribution in [0.1, 0.15) is 17.4 Å². The van der Waals surface area contributed by atoms with E-state index in [0.717, 1.165) is 18.5 Å². The summed E-state index contributed by atoms with van der Waals surface area (Å²) in [4.78, 5) is 16.8. The number of aromatic amines is 1. The van der Waals surface area contributed by atoms with Gasteiger partial charge in [-0.1, -0.05) is 6.92 Å². The molecule has 1 aliphatic heterocycles. The Bertz CT molecular complexity index is 584. The number of nitrogens with zero attached hydrogens (tertiary/aromatic N) is 1. The van der Waals surface area contributed by atoms with E-state index in [1.54, 1.807) is 17.0 Å². The van der Waals surface area contributed by atoms with Gasteiger partial charge in [-0.3, -0.25) is 4.79 Å². The summed E-state index contributed by atoms with van der Waals surface area (Å²) in [6, 6.07) is 6.26. The minimum Gasteiger partial charge on any atom is -0.350 e. The van der Waals surface area contributed by atoms with Gasteiger partial charge in [-0.05, 0) is 30.2 Å². The first kappa shape index (κ1) is 10.3. The van der Waals surface area contributed by atoms with Gasteiger partial charge in [-0.2, -0.15) is 0 Å². The molecule has 1 saturated heterocycles. The van der Waals surface area contributed by atoms with Crippen molar-refractivity contribution in [3.05, 3.63) is 35.8 Å². The molecule has 1 fully saturated rings. The zero-order valence-corrected chi connectivity index (χ0v) is 9.53. The molecule has 0 bridgehead atoms. The van der Waals surface area contributed by atoms with E-state index in [9.17, 15) is 9.18 Å². The van der Waals surface area contributed by atoms with Crippen LogP contribution >= 0.6 is 0 Å². The number of fused-ring (bicyclic) bond motifs is 1. The van der Waals surface area contributed by atoms with Gasteiger partial charge in [0.2, 0.25) is 0 Å². The largest absolute Gasteiger partial charge is 0.350 e. The summed E-state index contributed by atoms with van der Waals surface area (Å²) in [7, 11) is 0. The first-order chi connectivity index (χ1) is 8.13. The molecule has 1 aliphatic rings. The molecule has 88 valence electrons. The molecule has 1 amide bonds. The maximum absolute atomic E-state index is 13.0. The molecule has 3 nitrogen and oxygen atoms in total. The Morgan fingerprint density at radius 2 is 2.18 bits per heavy atom. The number of benzene rings is 1. The van der Waals surface area contributed by atoms with Crippen LogP contribution in [-0.4, -0.2) is 28.9 Å². The fourth-order valence-electron chi connectivity index (χ4n) is 2.25. The molecule has 0 unspecified atom stereocenters. The van der Waals surface area contributed by atoms with Crippen LogP contribution in [0.25, 0.3) is 10.9 Å². The van der Waals surface area contributed by atoms with E-state index >= 15 is 0 Å². The molecule has 0 spiro atoms. The third-order valence-electron chi connectivity index (χ3n) is 3.17. The molecule has 3 rings (SSSR count). The van der Waals surface area contributed by atoms with Gasteiger partial charge in [0.25, 0.3) is 5.91 Å². The van der Waals surface area contributed by atoms with Gasteiger partial charge in [-0.25, -0.2) is 4.39 Å². The molecule has 1 N–H and O–H groups in total. The number of likely N-dealkylation sites (tertiary alicyclic amines) is 1. The third-order valence-corrected chi connectivity index (χ3v) is 3.17. The van der Waals surface area contributed by atoms with Crippen molar-refractivity contribution < 1.29 is 9.18 Å². The van der Waals surface area contributed by atoms with Crippen LogP contribution in [0.2, 0.25) is 0 Å². The first-order valence-corrected chi connectivity index (χ1v) is 5.71. The zero-order chi connectivity index (χ0) is 12.0. The van der Waals surface area contributed by atoms with Crippen molar-refractivity contribution in [2.75, 3.05) is 13.1 Å². The number of hydrogen-bond acceptors (Lipinski definition) is 1. The first-order valence-electron chi connectivity index (χ1n) is 5.71. The molecule has 0 aliphatic carbocycles. The SMILES string of the molecule is CC1CN(C(=O)c2cc3ccc(F)cc3[nH]2)C1. The van der Waals surface area contributed by atoms with Crippen molar-refractivity contribution in [1.29, 1.82) is 0 Å². The van der Waals surface area contributed by atoms with Gasteiger partial charge >= 0.3 is 0 Å². The highest BCUT2D eigenvalue weighted by Gasteiger charge is 2.28. The van der Waals surface area contributed by atoms with Crippen LogP contribution in [0, 0.1) is 11.7 Å². The molecule has 4 heteroatoms. The predicted molar refractivity (Wildman–Crippen MR) is 63.3 cm³/mol. The van der Waals surface area contributed by atoms with Crippen molar-refractivity contribution in [3.63, 3.8) is 0 Å². The minimum atomic E-state index is -0.295. The summed E-state index contributed by atoms with van der Waals surface area (Å²) in [5, 5.41) is 0.864. The van der Waals surface area contributed by atoms with Gasteiger partial charge in [0.15, 0.2) is 0 Å². The van der Waals surface area contributed by atoms with E-state index in [0.29, 0.717) is 17.1 Å². The maximum atomic E-state index is 13.0. The molecule has 0 saturated carbocycles. The smallest absolute Gasteiger partial charge is 0.270 e. The molecule has 2 aromatic rings. The van der Waals surface area contributed by atoms with Crippen molar-refractivity contribution in [3.8, 4) is 0 Å². The van der Waals surface area contributed by atoms with Gasteiger partial charge < -0.3 is 9.88 Å². The number of carbonyl (C=O) groups is 1. The van der Waals surface area contributed by atoms with Crippen LogP contribution in [0.15, 0.2) is 24.3 Å². The summed E-state index contributed by atoms with van der Waals surface area (Å²) in [6.45, 7) is 3.73. The van der Waals surface area contributed by atoms with E-state index in [1.807, 2.05) is 0 Å². The minimum absolute atomic E-state index is 0.000270. The summed E-state index contributed by atoms with van der Waals surface area (Å²) >= 11 is 0. The monoisotopic (exact) mass is 232 g/mol. The topological polar surface area (TPSA) is 36.1 Å². The standard InChI is InChI=1S/C13H13FN2O/c1-8-6-16(7-8)13(17)12-4-9-2-3-10(14)5-11(9)15-12/h2-5,8,15H,6-7H2,1H3. The highest BCUT2D eigenvalue weighted by molar-refractivity contribution is 5.98. The lowest BCUT2D eigenvalue weighted by molar-refractivity contribution is 0.0525. The summed E-state index contributed by atoms with van der Waals surface area (Å²) in [5.74, 6) is 0.288. The third kappa shape index (κ3) is 1.69. The van der Waals surface area contributed by atoms with Crippen LogP contribution in [-0.2, 0) is 0 Å². The van der Waals surface area contributed by atoms with Crippen molar-refractivity contribution in [2.45, 2.75) is 6.92 Å². The average molecular weight is 232 g/mol. The van der Waals surface area contributed by atoms with Crippen LogP contribution < -0.4 is 0 Å². The molecule has 0 atom stereocenters. The molecule has 0 radical (unpaired) electrons. The van der Waals surface area contributed by atoms with Crippen LogP contribution in [0.3, 0.4) is 0 Å². The van der Waals surface area contributed by atoms with E-state index in [1.165, 1.54) is 12.1 Å². The quantitative estimate of drug-likeness (QED) is 0.805. The Morgan fingerprint density at radius 1 is 1.41 bits per heavy atom. The van der Waals surface area contributed by atoms with Gasteiger partial charge in [0, 0.05) is 24.0 Å². The fraction of sp³-hybridized carbons (Fsp3) is 0.308. The van der Waals surface area contributed by atoms with Crippen molar-refractivity contribution in [1.82, 2.24) is 9.88 Å². The van der Waals surface area contributed by atoms with Crippen LogP contribution in [0.5, 0.6) is 0 Å². The number of hydrogen-bond donors (Lipinski definition) is 1. The van der Waals surface area contributed by atoms with E-state index in [4.69, 9.17) is 0 Å². The van der Waals surface area contributed by atoms with E-state index in [-0.39, 0.29) is 11.7 Å². The normalized spacial score (nSPS) is 16.2. The number of rotatable bonds is 1. The Balaban J connectivity index is 1.93. The van der Waals surface area contributed by atoms with Crippen molar-refractivity contribution >= 4 is 16.8 Å². The second-order valence-corrected chi connectivity index (χ2v) is 4.73. The van der Waals surface area contributed by atoms with Crippen LogP contribution in [0.4, 0.5) is 4.39 Å². The molecule has 2 heterocycles. The molecule has 17 heavy (non-hydrogen) atoms. The van der Waals surface area contributed by atoms with Crippen molar-refractivity contribution in [2.24, 2.45) is 5.92 Å². The van der Waals surface area contributed by atoms with E-state index < -0.39 is 0 Å². The number of amides is 1. The number of halogens is 1. The fourth-order valence-corrected chi connectivity index (χ4v) is 2.25. The van der Waals surface area contributed by atoms with Gasteiger partial charge in [0.05, 0.1) is 0 Å². The van der Waals surface area contributed by atoms with Gasteiger partial charge in [-0.15, -0.1) is 0 Å². The number of nitrogens with one attached hydrogen (secondary N) is 1. The molecular weight excluding hydrogens is 219 g/mol. The average Bonchev–Trinajstić information content (AvgIpc) is 2.66. The lowest BCUT2D eigenvalue weighted by atomic mass is 10.0. The Labute approximate surface area is 98.2 Å². The predicted octanol–water partition coefficient (Wildman–Crippen LogP) is 2.40. The Morgan fingerprint density at radius 3 is 2.88 bits per heavy atom. The maximum Gasteiger partial charge on any atom is 0.270 e. The summed E-state index contributed by atoms with van der Waals surface area (Å²) < 4.78 is 13.0. The lowest BCUT2D eigenvalue weighted by Gasteiger charge is -2.36. The summed E-state index contributed by atoms with van der Waals surface area (Å²) in [5.41, 5.74) is 1.21. The highest BCUT2D eigenvalue weighted by Crippen LogP contribution is 2.21. The molecule has 1 aromatic heterocycles. The number of carbonyl (C=O) groups excluding carboxylic acids is 1. The molecular formula is C13H13FN2O. The van der Waals surface area contributed by atoms with Gasteiger partial charge in [0.1, 0.15) is 11.5 Å². The second kappa shape index (κ2) is 3.58. The van der Waals surface area contributed by atoms with E-state index in [2.05, 4.69) is 11.9 Å².